The van der Waals surface area contributed by atoms with Gasteiger partial charge in [0.2, 0.25) is 0 Å². The maximum absolute atomic E-state index is 6.10. The second-order valence-corrected chi connectivity index (χ2v) is 6.83. The first-order valence-electron chi connectivity index (χ1n) is 9.54. The molecule has 24 heavy (non-hydrogen) atoms. The Kier molecular flexibility index (Phi) is 6.73. The van der Waals surface area contributed by atoms with Crippen molar-refractivity contribution in [2.45, 2.75) is 38.5 Å². The molecule has 2 nitrogen and oxygen atoms in total. The van der Waals surface area contributed by atoms with Crippen LogP contribution in [-0.4, -0.2) is 26.2 Å². The van der Waals surface area contributed by atoms with Crippen LogP contribution in [0, 0.1) is 0 Å². The predicted molar refractivity (Wildman–Crippen MR) is 101 cm³/mol. The van der Waals surface area contributed by atoms with E-state index in [9.17, 15) is 0 Å². The van der Waals surface area contributed by atoms with Crippen molar-refractivity contribution in [3.63, 3.8) is 0 Å². The SMILES string of the molecule is c1ccc(-c2ccccc2OCCCC[NH+]2CCCCCC2)cc1. The van der Waals surface area contributed by atoms with Gasteiger partial charge in [0.15, 0.2) is 0 Å². The highest BCUT2D eigenvalue weighted by atomic mass is 16.5. The molecule has 1 saturated heterocycles. The first-order chi connectivity index (χ1) is 11.9. The van der Waals surface area contributed by atoms with Crippen LogP contribution in [0.2, 0.25) is 0 Å². The molecule has 0 amide bonds. The molecular weight excluding hydrogens is 294 g/mol. The van der Waals surface area contributed by atoms with E-state index < -0.39 is 0 Å². The molecule has 1 N–H and O–H groups in total. The lowest BCUT2D eigenvalue weighted by Gasteiger charge is -2.17. The van der Waals surface area contributed by atoms with Crippen LogP contribution < -0.4 is 9.64 Å². The third-order valence-electron chi connectivity index (χ3n) is 4.96. The third-order valence-corrected chi connectivity index (χ3v) is 4.96. The molecule has 3 rings (SSSR count). The van der Waals surface area contributed by atoms with Gasteiger partial charge in [-0.05, 0) is 50.2 Å². The summed E-state index contributed by atoms with van der Waals surface area (Å²) in [6.45, 7) is 4.87. The Balaban J connectivity index is 1.45. The van der Waals surface area contributed by atoms with E-state index >= 15 is 0 Å². The highest BCUT2D eigenvalue weighted by Crippen LogP contribution is 2.29. The highest BCUT2D eigenvalue weighted by molar-refractivity contribution is 5.70. The molecule has 0 unspecified atom stereocenters. The van der Waals surface area contributed by atoms with Crippen molar-refractivity contribution in [2.75, 3.05) is 26.2 Å². The summed E-state index contributed by atoms with van der Waals surface area (Å²) in [4.78, 5) is 1.80. The van der Waals surface area contributed by atoms with Crippen LogP contribution >= 0.6 is 0 Å². The zero-order valence-corrected chi connectivity index (χ0v) is 14.7. The molecule has 1 aliphatic heterocycles. The molecule has 0 radical (unpaired) electrons. The van der Waals surface area contributed by atoms with Crippen LogP contribution in [-0.2, 0) is 0 Å². The monoisotopic (exact) mass is 324 g/mol. The summed E-state index contributed by atoms with van der Waals surface area (Å²) < 4.78 is 6.10. The maximum Gasteiger partial charge on any atom is 0.127 e. The summed E-state index contributed by atoms with van der Waals surface area (Å²) in [6, 6.07) is 18.9. The molecule has 2 aromatic rings. The van der Waals surface area contributed by atoms with Crippen LogP contribution in [0.25, 0.3) is 11.1 Å². The Morgan fingerprint density at radius 3 is 2.25 bits per heavy atom. The van der Waals surface area contributed by atoms with E-state index in [-0.39, 0.29) is 0 Å². The van der Waals surface area contributed by atoms with Gasteiger partial charge in [0, 0.05) is 5.56 Å². The third kappa shape index (κ3) is 5.10. The predicted octanol–water partition coefficient (Wildman–Crippen LogP) is 3.97. The molecule has 1 aliphatic rings. The number of likely N-dealkylation sites (tertiary alicyclic amines) is 1. The molecule has 2 aromatic carbocycles. The van der Waals surface area contributed by atoms with Crippen LogP contribution in [0.1, 0.15) is 38.5 Å². The minimum atomic E-state index is 0.817. The van der Waals surface area contributed by atoms with E-state index in [0.29, 0.717) is 0 Å². The zero-order valence-electron chi connectivity index (χ0n) is 14.7. The first-order valence-corrected chi connectivity index (χ1v) is 9.54. The fraction of sp³-hybridized carbons (Fsp3) is 0.455. The molecule has 0 spiro atoms. The minimum Gasteiger partial charge on any atom is -0.493 e. The number of hydrogen-bond donors (Lipinski definition) is 1. The van der Waals surface area contributed by atoms with Gasteiger partial charge < -0.3 is 9.64 Å². The fourth-order valence-electron chi connectivity index (χ4n) is 3.59. The van der Waals surface area contributed by atoms with E-state index in [0.717, 1.165) is 18.8 Å². The maximum atomic E-state index is 6.10. The topological polar surface area (TPSA) is 13.7 Å². The Bertz CT molecular complexity index is 588. The first kappa shape index (κ1) is 17.0. The van der Waals surface area contributed by atoms with Crippen molar-refractivity contribution < 1.29 is 9.64 Å². The van der Waals surface area contributed by atoms with Crippen molar-refractivity contribution in [2.24, 2.45) is 0 Å². The van der Waals surface area contributed by atoms with Gasteiger partial charge in [-0.1, -0.05) is 48.5 Å². The van der Waals surface area contributed by atoms with E-state index in [1.807, 2.05) is 0 Å². The Morgan fingerprint density at radius 1 is 0.750 bits per heavy atom. The number of ether oxygens (including phenoxy) is 1. The van der Waals surface area contributed by atoms with Gasteiger partial charge in [-0.15, -0.1) is 0 Å². The smallest absolute Gasteiger partial charge is 0.127 e. The summed E-state index contributed by atoms with van der Waals surface area (Å²) in [6.07, 6.45) is 8.10. The second kappa shape index (κ2) is 9.48. The van der Waals surface area contributed by atoms with E-state index in [1.54, 1.807) is 4.90 Å². The highest BCUT2D eigenvalue weighted by Gasteiger charge is 2.11. The number of hydrogen-bond acceptors (Lipinski definition) is 1. The van der Waals surface area contributed by atoms with Crippen LogP contribution in [0.4, 0.5) is 0 Å². The Labute approximate surface area is 146 Å². The number of benzene rings is 2. The summed E-state index contributed by atoms with van der Waals surface area (Å²) in [7, 11) is 0. The van der Waals surface area contributed by atoms with E-state index in [4.69, 9.17) is 4.74 Å². The summed E-state index contributed by atoms with van der Waals surface area (Å²) in [5, 5.41) is 0. The van der Waals surface area contributed by atoms with Gasteiger partial charge in [0.1, 0.15) is 5.75 Å². The van der Waals surface area contributed by atoms with Gasteiger partial charge in [-0.25, -0.2) is 0 Å². The number of rotatable bonds is 7. The molecule has 1 heterocycles. The van der Waals surface area contributed by atoms with Crippen molar-refractivity contribution in [3.8, 4) is 16.9 Å². The Hall–Kier alpha value is -1.80. The lowest BCUT2D eigenvalue weighted by atomic mass is 10.1. The van der Waals surface area contributed by atoms with Gasteiger partial charge in [-0.3, -0.25) is 0 Å². The average Bonchev–Trinajstić information content (AvgIpc) is 2.91. The molecule has 1 fully saturated rings. The van der Waals surface area contributed by atoms with Crippen LogP contribution in [0.15, 0.2) is 54.6 Å². The molecule has 2 heteroatoms. The molecule has 0 atom stereocenters. The molecule has 128 valence electrons. The minimum absolute atomic E-state index is 0.817. The number of nitrogens with one attached hydrogen (secondary N) is 1. The van der Waals surface area contributed by atoms with E-state index in [1.165, 1.54) is 62.9 Å². The van der Waals surface area contributed by atoms with Crippen molar-refractivity contribution in [3.05, 3.63) is 54.6 Å². The lowest BCUT2D eigenvalue weighted by Crippen LogP contribution is -3.11. The molecular formula is C22H30NO+. The summed E-state index contributed by atoms with van der Waals surface area (Å²) in [5.41, 5.74) is 2.42. The summed E-state index contributed by atoms with van der Waals surface area (Å²) in [5.74, 6) is 1.01. The largest absolute Gasteiger partial charge is 0.493 e. The molecule has 0 bridgehead atoms. The fourth-order valence-corrected chi connectivity index (χ4v) is 3.59. The van der Waals surface area contributed by atoms with Gasteiger partial charge >= 0.3 is 0 Å². The quantitative estimate of drug-likeness (QED) is 0.761. The summed E-state index contributed by atoms with van der Waals surface area (Å²) >= 11 is 0. The lowest BCUT2D eigenvalue weighted by molar-refractivity contribution is -0.899. The zero-order chi connectivity index (χ0) is 16.5. The normalized spacial score (nSPS) is 15.8. The van der Waals surface area contributed by atoms with Crippen molar-refractivity contribution >= 4 is 0 Å². The molecule has 0 saturated carbocycles. The van der Waals surface area contributed by atoms with Crippen molar-refractivity contribution in [1.29, 1.82) is 0 Å². The Morgan fingerprint density at radius 2 is 1.46 bits per heavy atom. The van der Waals surface area contributed by atoms with Crippen LogP contribution in [0.5, 0.6) is 5.75 Å². The average molecular weight is 324 g/mol. The standard InChI is InChI=1S/C22H29NO/c1-2-9-17-23(16-8-1)18-10-11-19-24-22-15-7-6-14-21(22)20-12-4-3-5-13-20/h3-7,12-15H,1-2,8-11,16-19H2/p+1. The molecule has 0 aliphatic carbocycles. The van der Waals surface area contributed by atoms with Gasteiger partial charge in [0.05, 0.1) is 26.2 Å². The van der Waals surface area contributed by atoms with Gasteiger partial charge in [-0.2, -0.15) is 0 Å². The number of unbranched alkanes of at least 4 members (excludes halogenated alkanes) is 1. The van der Waals surface area contributed by atoms with E-state index in [2.05, 4.69) is 54.6 Å². The van der Waals surface area contributed by atoms with Gasteiger partial charge in [0.25, 0.3) is 0 Å². The molecule has 0 aromatic heterocycles. The number of quaternary nitrogens is 1. The van der Waals surface area contributed by atoms with Crippen LogP contribution in [0.3, 0.4) is 0 Å². The van der Waals surface area contributed by atoms with Crippen molar-refractivity contribution in [1.82, 2.24) is 0 Å². The number of para-hydroxylation sites is 1. The second-order valence-electron chi connectivity index (χ2n) is 6.83.